The predicted octanol–water partition coefficient (Wildman–Crippen LogP) is 1.66. The quantitative estimate of drug-likeness (QED) is 0.744. The number of carboxylic acids is 1. The molecule has 3 unspecified atom stereocenters. The molecule has 1 fully saturated rings. The fourth-order valence-corrected chi connectivity index (χ4v) is 3.90. The van der Waals surface area contributed by atoms with Crippen molar-refractivity contribution in [1.29, 1.82) is 0 Å². The van der Waals surface area contributed by atoms with Crippen molar-refractivity contribution in [2.75, 3.05) is 5.75 Å². The van der Waals surface area contributed by atoms with E-state index in [-0.39, 0.29) is 23.7 Å². The van der Waals surface area contributed by atoms with E-state index in [1.807, 2.05) is 13.8 Å². The van der Waals surface area contributed by atoms with Gasteiger partial charge in [0.05, 0.1) is 5.37 Å². The number of rotatable bonds is 7. The van der Waals surface area contributed by atoms with Gasteiger partial charge in [0.2, 0.25) is 5.91 Å². The van der Waals surface area contributed by atoms with E-state index in [4.69, 9.17) is 5.73 Å². The molecule has 1 saturated heterocycles. The number of carbonyl (C=O) groups excluding carboxylic acids is 1. The van der Waals surface area contributed by atoms with E-state index >= 15 is 0 Å². The van der Waals surface area contributed by atoms with Crippen LogP contribution in [0.2, 0.25) is 0 Å². The third kappa shape index (κ3) is 4.38. The molecular weight excluding hydrogens is 264 g/mol. The van der Waals surface area contributed by atoms with Gasteiger partial charge in [0.1, 0.15) is 6.04 Å². The van der Waals surface area contributed by atoms with Gasteiger partial charge in [0.25, 0.3) is 0 Å². The Hall–Kier alpha value is -0.750. The Kier molecular flexibility index (Phi) is 6.65. The third-order valence-electron chi connectivity index (χ3n) is 3.30. The Balaban J connectivity index is 2.71. The Labute approximate surface area is 118 Å². The van der Waals surface area contributed by atoms with Crippen LogP contribution in [0.3, 0.4) is 0 Å². The van der Waals surface area contributed by atoms with Gasteiger partial charge in [-0.05, 0) is 12.8 Å². The lowest BCUT2D eigenvalue weighted by molar-refractivity contribution is -0.149. The van der Waals surface area contributed by atoms with Gasteiger partial charge in [0, 0.05) is 18.2 Å². The molecule has 1 amide bonds. The summed E-state index contributed by atoms with van der Waals surface area (Å²) in [6, 6.07) is -0.859. The van der Waals surface area contributed by atoms with Crippen LogP contribution in [0.1, 0.15) is 46.0 Å². The van der Waals surface area contributed by atoms with E-state index in [1.165, 1.54) is 0 Å². The van der Waals surface area contributed by atoms with E-state index in [1.54, 1.807) is 16.7 Å². The molecule has 1 aliphatic rings. The number of aliphatic carboxylic acids is 1. The van der Waals surface area contributed by atoms with Crippen LogP contribution >= 0.6 is 11.8 Å². The van der Waals surface area contributed by atoms with E-state index in [0.717, 1.165) is 25.7 Å². The Morgan fingerprint density at radius 3 is 2.63 bits per heavy atom. The van der Waals surface area contributed by atoms with Crippen LogP contribution in [-0.2, 0) is 9.59 Å². The zero-order valence-electron chi connectivity index (χ0n) is 11.7. The molecule has 1 rings (SSSR count). The fraction of sp³-hybridized carbons (Fsp3) is 0.846. The summed E-state index contributed by atoms with van der Waals surface area (Å²) in [5.74, 6) is -0.547. The summed E-state index contributed by atoms with van der Waals surface area (Å²) in [6.07, 6.45) is 3.75. The first-order chi connectivity index (χ1) is 9.01. The summed E-state index contributed by atoms with van der Waals surface area (Å²) < 4.78 is 0. The van der Waals surface area contributed by atoms with Gasteiger partial charge in [-0.2, -0.15) is 0 Å². The number of carboxylic acid groups (broad SMARTS) is 1. The normalized spacial score (nSPS) is 24.5. The maximum atomic E-state index is 12.3. The number of thioether (sulfide) groups is 1. The fourth-order valence-electron chi connectivity index (χ4n) is 2.36. The Morgan fingerprint density at radius 2 is 2.11 bits per heavy atom. The molecule has 0 bridgehead atoms. The first-order valence-electron chi connectivity index (χ1n) is 6.92. The van der Waals surface area contributed by atoms with Crippen LogP contribution < -0.4 is 5.73 Å². The minimum absolute atomic E-state index is 0.00701. The molecule has 1 heterocycles. The number of nitrogens with zero attached hydrogens (tertiary/aromatic N) is 1. The van der Waals surface area contributed by atoms with Gasteiger partial charge in [0.15, 0.2) is 0 Å². The van der Waals surface area contributed by atoms with Crippen molar-refractivity contribution in [2.45, 2.75) is 63.4 Å². The van der Waals surface area contributed by atoms with E-state index in [9.17, 15) is 14.7 Å². The first-order valence-corrected chi connectivity index (χ1v) is 7.97. The van der Waals surface area contributed by atoms with Crippen LogP contribution in [0.25, 0.3) is 0 Å². The highest BCUT2D eigenvalue weighted by atomic mass is 32.2. The molecule has 0 aliphatic carbocycles. The minimum Gasteiger partial charge on any atom is -0.480 e. The number of hydrogen-bond donors (Lipinski definition) is 2. The molecule has 6 heteroatoms. The smallest absolute Gasteiger partial charge is 0.327 e. The molecule has 1 aliphatic heterocycles. The topological polar surface area (TPSA) is 83.6 Å². The standard InChI is InChI=1S/C13H24N2O3S/c1-3-5-9(14)7-11(16)15-10(13(17)18)8-19-12(15)6-4-2/h9-10,12H,3-8,14H2,1-2H3,(H,17,18). The summed E-state index contributed by atoms with van der Waals surface area (Å²) >= 11 is 1.56. The van der Waals surface area contributed by atoms with Crippen LogP contribution in [0.4, 0.5) is 0 Å². The summed E-state index contributed by atoms with van der Waals surface area (Å²) in [5.41, 5.74) is 5.89. The molecule has 19 heavy (non-hydrogen) atoms. The van der Waals surface area contributed by atoms with E-state index in [0.29, 0.717) is 5.75 Å². The molecule has 0 aromatic heterocycles. The van der Waals surface area contributed by atoms with Crippen LogP contribution in [-0.4, -0.2) is 45.1 Å². The molecule has 3 atom stereocenters. The summed E-state index contributed by atoms with van der Waals surface area (Å²) in [6.45, 7) is 4.07. The Morgan fingerprint density at radius 1 is 1.42 bits per heavy atom. The van der Waals surface area contributed by atoms with Crippen molar-refractivity contribution in [1.82, 2.24) is 4.90 Å². The van der Waals surface area contributed by atoms with Crippen molar-refractivity contribution in [3.8, 4) is 0 Å². The maximum absolute atomic E-state index is 12.3. The molecule has 0 aromatic carbocycles. The van der Waals surface area contributed by atoms with Crippen molar-refractivity contribution in [3.05, 3.63) is 0 Å². The van der Waals surface area contributed by atoms with E-state index < -0.39 is 12.0 Å². The minimum atomic E-state index is -0.913. The van der Waals surface area contributed by atoms with Crippen molar-refractivity contribution >= 4 is 23.6 Å². The second-order valence-corrected chi connectivity index (χ2v) is 6.20. The van der Waals surface area contributed by atoms with Crippen molar-refractivity contribution < 1.29 is 14.7 Å². The summed E-state index contributed by atoms with van der Waals surface area (Å²) in [7, 11) is 0. The summed E-state index contributed by atoms with van der Waals surface area (Å²) in [4.78, 5) is 25.1. The zero-order valence-corrected chi connectivity index (χ0v) is 12.5. The Bertz CT molecular complexity index is 325. The monoisotopic (exact) mass is 288 g/mol. The van der Waals surface area contributed by atoms with Crippen LogP contribution in [0, 0.1) is 0 Å². The van der Waals surface area contributed by atoms with Gasteiger partial charge in [-0.1, -0.05) is 26.7 Å². The zero-order chi connectivity index (χ0) is 14.4. The van der Waals surface area contributed by atoms with Gasteiger partial charge in [-0.3, -0.25) is 4.79 Å². The molecule has 0 radical (unpaired) electrons. The van der Waals surface area contributed by atoms with Gasteiger partial charge < -0.3 is 15.7 Å². The molecule has 0 saturated carbocycles. The lowest BCUT2D eigenvalue weighted by atomic mass is 10.1. The van der Waals surface area contributed by atoms with Crippen molar-refractivity contribution in [3.63, 3.8) is 0 Å². The highest BCUT2D eigenvalue weighted by molar-refractivity contribution is 8.00. The summed E-state index contributed by atoms with van der Waals surface area (Å²) in [5, 5.41) is 9.21. The van der Waals surface area contributed by atoms with E-state index in [2.05, 4.69) is 0 Å². The van der Waals surface area contributed by atoms with Gasteiger partial charge in [-0.25, -0.2) is 4.79 Å². The second-order valence-electron chi connectivity index (χ2n) is 4.98. The predicted molar refractivity (Wildman–Crippen MR) is 76.9 cm³/mol. The largest absolute Gasteiger partial charge is 0.480 e. The van der Waals surface area contributed by atoms with Crippen molar-refractivity contribution in [2.24, 2.45) is 5.73 Å². The average molecular weight is 288 g/mol. The molecule has 0 spiro atoms. The molecule has 3 N–H and O–H groups in total. The number of carbonyl (C=O) groups is 2. The number of hydrogen-bond acceptors (Lipinski definition) is 4. The molecule has 5 nitrogen and oxygen atoms in total. The third-order valence-corrected chi connectivity index (χ3v) is 4.65. The highest BCUT2D eigenvalue weighted by Gasteiger charge is 2.41. The molecule has 110 valence electrons. The highest BCUT2D eigenvalue weighted by Crippen LogP contribution is 2.33. The lowest BCUT2D eigenvalue weighted by Crippen LogP contribution is -2.47. The first kappa shape index (κ1) is 16.3. The van der Waals surface area contributed by atoms with Crippen LogP contribution in [0.5, 0.6) is 0 Å². The average Bonchev–Trinajstić information content (AvgIpc) is 2.73. The second kappa shape index (κ2) is 7.75. The van der Waals surface area contributed by atoms with Gasteiger partial charge in [-0.15, -0.1) is 11.8 Å². The molecule has 0 aromatic rings. The molecular formula is C13H24N2O3S. The van der Waals surface area contributed by atoms with Gasteiger partial charge >= 0.3 is 5.97 Å². The number of nitrogens with two attached hydrogens (primary N) is 1. The maximum Gasteiger partial charge on any atom is 0.327 e. The number of amides is 1. The lowest BCUT2D eigenvalue weighted by Gasteiger charge is -2.28. The van der Waals surface area contributed by atoms with Crippen LogP contribution in [0.15, 0.2) is 0 Å². The SMILES string of the molecule is CCCC(N)CC(=O)N1C(CCC)SCC1C(=O)O.